The zero-order valence-corrected chi connectivity index (χ0v) is 9.91. The van der Waals surface area contributed by atoms with Crippen molar-refractivity contribution >= 4 is 5.91 Å². The number of hydrogen-bond acceptors (Lipinski definition) is 2. The summed E-state index contributed by atoms with van der Waals surface area (Å²) in [6.07, 6.45) is 4.93. The van der Waals surface area contributed by atoms with Gasteiger partial charge in [0.2, 0.25) is 5.91 Å². The Labute approximate surface area is 92.5 Å². The van der Waals surface area contributed by atoms with Gasteiger partial charge in [-0.25, -0.2) is 0 Å². The predicted molar refractivity (Wildman–Crippen MR) is 60.5 cm³/mol. The SMILES string of the molecule is CCC(C)C(=O)N1CCCC1CCCO. The van der Waals surface area contributed by atoms with Crippen molar-refractivity contribution in [2.24, 2.45) is 5.92 Å². The van der Waals surface area contributed by atoms with Crippen molar-refractivity contribution in [3.05, 3.63) is 0 Å². The lowest BCUT2D eigenvalue weighted by Gasteiger charge is -2.27. The fourth-order valence-electron chi connectivity index (χ4n) is 2.21. The fraction of sp³-hybridized carbons (Fsp3) is 0.917. The monoisotopic (exact) mass is 213 g/mol. The molecule has 1 saturated heterocycles. The van der Waals surface area contributed by atoms with Crippen LogP contribution in [0.25, 0.3) is 0 Å². The Morgan fingerprint density at radius 2 is 2.33 bits per heavy atom. The van der Waals surface area contributed by atoms with Crippen LogP contribution in [0.1, 0.15) is 46.0 Å². The molecule has 1 heterocycles. The van der Waals surface area contributed by atoms with Gasteiger partial charge < -0.3 is 10.0 Å². The molecule has 0 aliphatic carbocycles. The topological polar surface area (TPSA) is 40.5 Å². The van der Waals surface area contributed by atoms with Crippen molar-refractivity contribution in [2.75, 3.05) is 13.2 Å². The van der Waals surface area contributed by atoms with Gasteiger partial charge in [-0.05, 0) is 32.1 Å². The quantitative estimate of drug-likeness (QED) is 0.756. The second-order valence-electron chi connectivity index (χ2n) is 4.50. The summed E-state index contributed by atoms with van der Waals surface area (Å²) in [7, 11) is 0. The summed E-state index contributed by atoms with van der Waals surface area (Å²) in [6.45, 7) is 5.21. The zero-order chi connectivity index (χ0) is 11.3. The summed E-state index contributed by atoms with van der Waals surface area (Å²) in [4.78, 5) is 14.0. The molecule has 3 nitrogen and oxygen atoms in total. The molecule has 1 aliphatic rings. The molecule has 2 atom stereocenters. The lowest BCUT2D eigenvalue weighted by Crippen LogP contribution is -2.38. The molecule has 0 aromatic heterocycles. The molecule has 1 aliphatic heterocycles. The van der Waals surface area contributed by atoms with Gasteiger partial charge in [0.05, 0.1) is 0 Å². The van der Waals surface area contributed by atoms with Crippen molar-refractivity contribution in [2.45, 2.75) is 52.0 Å². The molecule has 0 aromatic rings. The number of nitrogens with zero attached hydrogens (tertiary/aromatic N) is 1. The smallest absolute Gasteiger partial charge is 0.225 e. The molecule has 1 fully saturated rings. The largest absolute Gasteiger partial charge is 0.396 e. The highest BCUT2D eigenvalue weighted by molar-refractivity contribution is 5.79. The van der Waals surface area contributed by atoms with Crippen LogP contribution in [0.5, 0.6) is 0 Å². The van der Waals surface area contributed by atoms with E-state index in [0.29, 0.717) is 11.9 Å². The minimum Gasteiger partial charge on any atom is -0.396 e. The van der Waals surface area contributed by atoms with Crippen LogP contribution in [-0.4, -0.2) is 35.1 Å². The molecule has 3 heteroatoms. The molecule has 2 unspecified atom stereocenters. The highest BCUT2D eigenvalue weighted by Crippen LogP contribution is 2.23. The van der Waals surface area contributed by atoms with Crippen LogP contribution in [0.15, 0.2) is 0 Å². The normalized spacial score (nSPS) is 23.1. The highest BCUT2D eigenvalue weighted by Gasteiger charge is 2.29. The maximum Gasteiger partial charge on any atom is 0.225 e. The standard InChI is InChI=1S/C12H23NO2/c1-3-10(2)12(15)13-8-4-6-11(13)7-5-9-14/h10-11,14H,3-9H2,1-2H3. The van der Waals surface area contributed by atoms with E-state index >= 15 is 0 Å². The van der Waals surface area contributed by atoms with Gasteiger partial charge in [0.1, 0.15) is 0 Å². The molecule has 0 saturated carbocycles. The summed E-state index contributed by atoms with van der Waals surface area (Å²) in [6, 6.07) is 0.388. The zero-order valence-electron chi connectivity index (χ0n) is 9.91. The van der Waals surface area contributed by atoms with Gasteiger partial charge in [-0.1, -0.05) is 13.8 Å². The van der Waals surface area contributed by atoms with Gasteiger partial charge in [0, 0.05) is 25.1 Å². The maximum absolute atomic E-state index is 12.0. The van der Waals surface area contributed by atoms with Gasteiger partial charge in [0.25, 0.3) is 0 Å². The van der Waals surface area contributed by atoms with Crippen LogP contribution in [-0.2, 0) is 4.79 Å². The predicted octanol–water partition coefficient (Wildman–Crippen LogP) is 1.80. The summed E-state index contributed by atoms with van der Waals surface area (Å²) in [5.41, 5.74) is 0. The first-order valence-corrected chi connectivity index (χ1v) is 6.12. The van der Waals surface area contributed by atoms with E-state index in [1.54, 1.807) is 0 Å². The van der Waals surface area contributed by atoms with E-state index in [-0.39, 0.29) is 12.5 Å². The third kappa shape index (κ3) is 3.20. The first-order chi connectivity index (χ1) is 7.20. The molecule has 1 rings (SSSR count). The number of carbonyl (C=O) groups is 1. The van der Waals surface area contributed by atoms with Gasteiger partial charge >= 0.3 is 0 Å². The van der Waals surface area contributed by atoms with Crippen LogP contribution >= 0.6 is 0 Å². The van der Waals surface area contributed by atoms with Gasteiger partial charge in [-0.2, -0.15) is 0 Å². The Bertz CT molecular complexity index is 206. The molecule has 0 aromatic carbocycles. The summed E-state index contributed by atoms with van der Waals surface area (Å²) in [5.74, 6) is 0.456. The summed E-state index contributed by atoms with van der Waals surface area (Å²) >= 11 is 0. The second kappa shape index (κ2) is 6.11. The van der Waals surface area contributed by atoms with Gasteiger partial charge in [0.15, 0.2) is 0 Å². The van der Waals surface area contributed by atoms with Gasteiger partial charge in [-0.3, -0.25) is 4.79 Å². The van der Waals surface area contributed by atoms with E-state index in [2.05, 4.69) is 6.92 Å². The molecule has 1 amide bonds. The lowest BCUT2D eigenvalue weighted by atomic mass is 10.1. The Balaban J connectivity index is 2.48. The highest BCUT2D eigenvalue weighted by atomic mass is 16.3. The molecule has 1 N–H and O–H groups in total. The lowest BCUT2D eigenvalue weighted by molar-refractivity contribution is -0.136. The van der Waals surface area contributed by atoms with Crippen molar-refractivity contribution in [3.8, 4) is 0 Å². The average molecular weight is 213 g/mol. The first kappa shape index (κ1) is 12.5. The molecule has 88 valence electrons. The molecular formula is C12H23NO2. The minimum atomic E-state index is 0.153. The molecule has 0 radical (unpaired) electrons. The van der Waals surface area contributed by atoms with Crippen molar-refractivity contribution < 1.29 is 9.90 Å². The van der Waals surface area contributed by atoms with Crippen molar-refractivity contribution in [3.63, 3.8) is 0 Å². The number of carbonyl (C=O) groups excluding carboxylic acids is 1. The van der Waals surface area contributed by atoms with E-state index in [1.807, 2.05) is 11.8 Å². The van der Waals surface area contributed by atoms with Crippen LogP contribution < -0.4 is 0 Å². The van der Waals surface area contributed by atoms with E-state index in [0.717, 1.165) is 38.6 Å². The fourth-order valence-corrected chi connectivity index (χ4v) is 2.21. The number of aliphatic hydroxyl groups is 1. The summed E-state index contributed by atoms with van der Waals surface area (Å²) in [5, 5.41) is 8.80. The molecule has 0 spiro atoms. The Hall–Kier alpha value is -0.570. The minimum absolute atomic E-state index is 0.153. The first-order valence-electron chi connectivity index (χ1n) is 6.12. The van der Waals surface area contributed by atoms with E-state index < -0.39 is 0 Å². The Kier molecular flexibility index (Phi) is 5.09. The Morgan fingerprint density at radius 1 is 1.60 bits per heavy atom. The van der Waals surface area contributed by atoms with Crippen LogP contribution in [0.4, 0.5) is 0 Å². The van der Waals surface area contributed by atoms with Crippen LogP contribution in [0, 0.1) is 5.92 Å². The number of aliphatic hydroxyl groups excluding tert-OH is 1. The molecule has 15 heavy (non-hydrogen) atoms. The van der Waals surface area contributed by atoms with Crippen LogP contribution in [0.2, 0.25) is 0 Å². The number of rotatable bonds is 5. The van der Waals surface area contributed by atoms with Gasteiger partial charge in [-0.15, -0.1) is 0 Å². The maximum atomic E-state index is 12.0. The number of amides is 1. The molecular weight excluding hydrogens is 190 g/mol. The number of hydrogen-bond donors (Lipinski definition) is 1. The molecule has 0 bridgehead atoms. The number of likely N-dealkylation sites (tertiary alicyclic amines) is 1. The van der Waals surface area contributed by atoms with E-state index in [1.165, 1.54) is 0 Å². The third-order valence-electron chi connectivity index (χ3n) is 3.39. The second-order valence-corrected chi connectivity index (χ2v) is 4.50. The third-order valence-corrected chi connectivity index (χ3v) is 3.39. The summed E-state index contributed by atoms with van der Waals surface area (Å²) < 4.78 is 0. The van der Waals surface area contributed by atoms with Crippen molar-refractivity contribution in [1.29, 1.82) is 0 Å². The van der Waals surface area contributed by atoms with E-state index in [4.69, 9.17) is 5.11 Å². The van der Waals surface area contributed by atoms with Crippen molar-refractivity contribution in [1.82, 2.24) is 4.90 Å². The van der Waals surface area contributed by atoms with E-state index in [9.17, 15) is 4.79 Å². The Morgan fingerprint density at radius 3 is 2.93 bits per heavy atom. The average Bonchev–Trinajstić information content (AvgIpc) is 2.72. The van der Waals surface area contributed by atoms with Crippen LogP contribution in [0.3, 0.4) is 0 Å².